The molecule has 0 aliphatic carbocycles. The predicted octanol–water partition coefficient (Wildman–Crippen LogP) is 2.64. The van der Waals surface area contributed by atoms with E-state index in [-0.39, 0.29) is 0 Å². The number of nitrogen functional groups attached to an aromatic ring is 1. The van der Waals surface area contributed by atoms with E-state index in [2.05, 4.69) is 25.9 Å². The van der Waals surface area contributed by atoms with Crippen molar-refractivity contribution in [3.8, 4) is 5.75 Å². The van der Waals surface area contributed by atoms with Gasteiger partial charge in [-0.15, -0.1) is 0 Å². The highest BCUT2D eigenvalue weighted by Gasteiger charge is 2.05. The average Bonchev–Trinajstić information content (AvgIpc) is 2.20. The van der Waals surface area contributed by atoms with Gasteiger partial charge in [-0.3, -0.25) is 0 Å². The molecular formula is C12H19ClN2O. The average molecular weight is 243 g/mol. The molecule has 0 fully saturated rings. The maximum atomic E-state index is 5.80. The van der Waals surface area contributed by atoms with Gasteiger partial charge in [0.2, 0.25) is 0 Å². The van der Waals surface area contributed by atoms with E-state index in [0.29, 0.717) is 29.1 Å². The van der Waals surface area contributed by atoms with Crippen LogP contribution < -0.4 is 10.5 Å². The Bertz CT molecular complexity index is 342. The largest absolute Gasteiger partial charge is 0.491 e. The zero-order valence-electron chi connectivity index (χ0n) is 10.0. The molecule has 1 rings (SSSR count). The first-order valence-electron chi connectivity index (χ1n) is 5.35. The van der Waals surface area contributed by atoms with E-state index in [0.717, 1.165) is 6.42 Å². The number of nitrogens with zero attached hydrogens (tertiary/aromatic N) is 1. The second kappa shape index (κ2) is 5.97. The van der Waals surface area contributed by atoms with Gasteiger partial charge in [-0.05, 0) is 45.6 Å². The Morgan fingerprint density at radius 1 is 1.44 bits per heavy atom. The summed E-state index contributed by atoms with van der Waals surface area (Å²) in [5.41, 5.74) is 6.37. The van der Waals surface area contributed by atoms with Crippen molar-refractivity contribution in [2.45, 2.75) is 19.4 Å². The van der Waals surface area contributed by atoms with Crippen molar-refractivity contribution in [1.29, 1.82) is 0 Å². The van der Waals surface area contributed by atoms with E-state index in [1.807, 2.05) is 0 Å². The summed E-state index contributed by atoms with van der Waals surface area (Å²) in [4.78, 5) is 2.16. The van der Waals surface area contributed by atoms with Crippen LogP contribution in [0, 0.1) is 0 Å². The van der Waals surface area contributed by atoms with Gasteiger partial charge in [0.05, 0.1) is 12.3 Å². The summed E-state index contributed by atoms with van der Waals surface area (Å²) in [6.45, 7) is 2.82. The summed E-state index contributed by atoms with van der Waals surface area (Å²) >= 11 is 5.80. The Labute approximate surface area is 102 Å². The first kappa shape index (κ1) is 13.1. The molecule has 0 aromatic heterocycles. The van der Waals surface area contributed by atoms with Crippen molar-refractivity contribution in [3.05, 3.63) is 23.2 Å². The van der Waals surface area contributed by atoms with Crippen LogP contribution >= 0.6 is 11.6 Å². The van der Waals surface area contributed by atoms with Gasteiger partial charge in [0.15, 0.2) is 0 Å². The topological polar surface area (TPSA) is 38.5 Å². The summed E-state index contributed by atoms with van der Waals surface area (Å²) in [5, 5.41) is 0.631. The summed E-state index contributed by atoms with van der Waals surface area (Å²) in [6, 6.07) is 5.78. The molecule has 0 aliphatic rings. The lowest BCUT2D eigenvalue weighted by Crippen LogP contribution is -2.26. The van der Waals surface area contributed by atoms with Crippen LogP contribution in [0.5, 0.6) is 5.75 Å². The first-order chi connectivity index (χ1) is 7.50. The molecule has 3 nitrogen and oxygen atoms in total. The lowest BCUT2D eigenvalue weighted by molar-refractivity contribution is 0.234. The normalized spacial score (nSPS) is 12.8. The number of anilines is 1. The Balaban J connectivity index is 2.43. The smallest absolute Gasteiger partial charge is 0.142 e. The van der Waals surface area contributed by atoms with Crippen LogP contribution in [0.15, 0.2) is 18.2 Å². The van der Waals surface area contributed by atoms with Crippen molar-refractivity contribution in [3.63, 3.8) is 0 Å². The maximum absolute atomic E-state index is 5.80. The van der Waals surface area contributed by atoms with Crippen LogP contribution in [0.25, 0.3) is 0 Å². The predicted molar refractivity (Wildman–Crippen MR) is 69.1 cm³/mol. The zero-order valence-corrected chi connectivity index (χ0v) is 10.8. The third kappa shape index (κ3) is 3.91. The molecular weight excluding hydrogens is 224 g/mol. The zero-order chi connectivity index (χ0) is 12.1. The van der Waals surface area contributed by atoms with Crippen LogP contribution in [0.4, 0.5) is 5.69 Å². The van der Waals surface area contributed by atoms with Crippen LogP contribution in [0.2, 0.25) is 5.02 Å². The molecule has 4 heteroatoms. The number of benzene rings is 1. The molecule has 0 amide bonds. The minimum atomic E-state index is 0.494. The summed E-state index contributed by atoms with van der Waals surface area (Å²) in [5.74, 6) is 0.704. The Morgan fingerprint density at radius 2 is 2.12 bits per heavy atom. The Kier molecular flexibility index (Phi) is 4.90. The molecule has 1 aromatic carbocycles. The van der Waals surface area contributed by atoms with E-state index in [9.17, 15) is 0 Å². The molecule has 90 valence electrons. The van der Waals surface area contributed by atoms with E-state index in [1.165, 1.54) is 0 Å². The monoisotopic (exact) mass is 242 g/mol. The fraction of sp³-hybridized carbons (Fsp3) is 0.500. The van der Waals surface area contributed by atoms with Gasteiger partial charge in [-0.2, -0.15) is 0 Å². The minimum absolute atomic E-state index is 0.494. The second-order valence-electron chi connectivity index (χ2n) is 4.13. The van der Waals surface area contributed by atoms with Crippen molar-refractivity contribution >= 4 is 17.3 Å². The van der Waals surface area contributed by atoms with Crippen molar-refractivity contribution in [1.82, 2.24) is 4.90 Å². The third-order valence-corrected chi connectivity index (χ3v) is 2.88. The van der Waals surface area contributed by atoms with Crippen molar-refractivity contribution in [2.24, 2.45) is 0 Å². The van der Waals surface area contributed by atoms with Crippen LogP contribution in [0.3, 0.4) is 0 Å². The van der Waals surface area contributed by atoms with Gasteiger partial charge in [-0.25, -0.2) is 0 Å². The maximum Gasteiger partial charge on any atom is 0.142 e. The fourth-order valence-electron chi connectivity index (χ4n) is 1.25. The molecule has 0 saturated heterocycles. The van der Waals surface area contributed by atoms with Gasteiger partial charge in [0, 0.05) is 11.1 Å². The fourth-order valence-corrected chi connectivity index (χ4v) is 1.43. The van der Waals surface area contributed by atoms with E-state index in [1.54, 1.807) is 18.2 Å². The molecule has 16 heavy (non-hydrogen) atoms. The standard InChI is InChI=1S/C12H19ClN2O/c1-9(15(2)3)6-7-16-12-5-4-10(13)8-11(12)14/h4-5,8-9H,6-7,14H2,1-3H3. The quantitative estimate of drug-likeness (QED) is 0.807. The van der Waals surface area contributed by atoms with Crippen molar-refractivity contribution in [2.75, 3.05) is 26.4 Å². The first-order valence-corrected chi connectivity index (χ1v) is 5.72. The molecule has 0 bridgehead atoms. The highest BCUT2D eigenvalue weighted by atomic mass is 35.5. The van der Waals surface area contributed by atoms with E-state index >= 15 is 0 Å². The molecule has 1 atom stereocenters. The minimum Gasteiger partial charge on any atom is -0.491 e. The number of hydrogen-bond donors (Lipinski definition) is 1. The number of rotatable bonds is 5. The number of ether oxygens (including phenoxy) is 1. The molecule has 1 aromatic rings. The number of hydrogen-bond acceptors (Lipinski definition) is 3. The molecule has 0 saturated carbocycles. The highest BCUT2D eigenvalue weighted by Crippen LogP contribution is 2.25. The van der Waals surface area contributed by atoms with Gasteiger partial charge >= 0.3 is 0 Å². The van der Waals surface area contributed by atoms with Crippen LogP contribution in [-0.4, -0.2) is 31.6 Å². The van der Waals surface area contributed by atoms with E-state index in [4.69, 9.17) is 22.1 Å². The van der Waals surface area contributed by atoms with Crippen LogP contribution in [-0.2, 0) is 0 Å². The molecule has 0 heterocycles. The lowest BCUT2D eigenvalue weighted by Gasteiger charge is -2.19. The van der Waals surface area contributed by atoms with Gasteiger partial charge in [0.25, 0.3) is 0 Å². The molecule has 0 spiro atoms. The number of nitrogens with two attached hydrogens (primary N) is 1. The third-order valence-electron chi connectivity index (χ3n) is 2.65. The molecule has 1 unspecified atom stereocenters. The molecule has 0 radical (unpaired) electrons. The molecule has 0 aliphatic heterocycles. The van der Waals surface area contributed by atoms with E-state index < -0.39 is 0 Å². The highest BCUT2D eigenvalue weighted by molar-refractivity contribution is 6.30. The summed E-state index contributed by atoms with van der Waals surface area (Å²) < 4.78 is 5.60. The molecule has 2 N–H and O–H groups in total. The Morgan fingerprint density at radius 3 is 2.69 bits per heavy atom. The summed E-state index contributed by atoms with van der Waals surface area (Å²) in [7, 11) is 4.11. The van der Waals surface area contributed by atoms with Crippen LogP contribution in [0.1, 0.15) is 13.3 Å². The van der Waals surface area contributed by atoms with Gasteiger partial charge in [-0.1, -0.05) is 11.6 Å². The SMILES string of the molecule is CC(CCOc1ccc(Cl)cc1N)N(C)C. The lowest BCUT2D eigenvalue weighted by atomic mass is 10.2. The van der Waals surface area contributed by atoms with Gasteiger partial charge in [0.1, 0.15) is 5.75 Å². The summed E-state index contributed by atoms with van der Waals surface area (Å²) in [6.07, 6.45) is 0.967. The van der Waals surface area contributed by atoms with Crippen molar-refractivity contribution < 1.29 is 4.74 Å². The number of halogens is 1. The van der Waals surface area contributed by atoms with Gasteiger partial charge < -0.3 is 15.4 Å². The second-order valence-corrected chi connectivity index (χ2v) is 4.57. The Hall–Kier alpha value is -0.930.